The quantitative estimate of drug-likeness (QED) is 0.768. The summed E-state index contributed by atoms with van der Waals surface area (Å²) < 4.78 is 5.37. The van der Waals surface area contributed by atoms with Crippen molar-refractivity contribution in [2.75, 3.05) is 39.0 Å². The van der Waals surface area contributed by atoms with Crippen LogP contribution in [0.5, 0.6) is 5.75 Å². The number of carbonyl (C=O) groups excluding carboxylic acids is 1. The van der Waals surface area contributed by atoms with Crippen molar-refractivity contribution in [1.29, 1.82) is 0 Å². The number of quaternary nitrogens is 1. The van der Waals surface area contributed by atoms with Gasteiger partial charge in [0.25, 0.3) is 0 Å². The van der Waals surface area contributed by atoms with Gasteiger partial charge in [0.1, 0.15) is 5.75 Å². The van der Waals surface area contributed by atoms with E-state index in [-0.39, 0.29) is 1.43 Å². The van der Waals surface area contributed by atoms with E-state index in [1.54, 1.807) is 12.0 Å². The highest BCUT2D eigenvalue weighted by atomic mass is 32.2. The van der Waals surface area contributed by atoms with Gasteiger partial charge in [0.2, 0.25) is 5.91 Å². The van der Waals surface area contributed by atoms with Gasteiger partial charge in [-0.1, -0.05) is 30.3 Å². The summed E-state index contributed by atoms with van der Waals surface area (Å²) in [6.45, 7) is 4.88. The molecule has 162 valence electrons. The maximum atomic E-state index is 12.9. The van der Waals surface area contributed by atoms with Crippen molar-refractivity contribution < 1.29 is 15.9 Å². The van der Waals surface area contributed by atoms with Crippen molar-refractivity contribution in [3.63, 3.8) is 0 Å². The summed E-state index contributed by atoms with van der Waals surface area (Å²) in [6, 6.07) is 17.1. The van der Waals surface area contributed by atoms with Crippen LogP contribution >= 0.6 is 11.8 Å². The fraction of sp³-hybridized carbons (Fsp3) is 0.480. The number of methoxy groups -OCH3 is 1. The molecule has 1 amide bonds. The third kappa shape index (κ3) is 5.58. The zero-order valence-electron chi connectivity index (χ0n) is 17.9. The van der Waals surface area contributed by atoms with Gasteiger partial charge in [-0.25, -0.2) is 0 Å². The molecule has 0 aromatic heterocycles. The SMILES string of the molecule is COc1ccc2c(c1)CN(C(=O)CC[NH+]1CCC(Cc3ccccc3)CC1)CCS2.[HH]. The molecule has 2 heterocycles. The summed E-state index contributed by atoms with van der Waals surface area (Å²) in [5.74, 6) is 2.92. The lowest BCUT2D eigenvalue weighted by Crippen LogP contribution is -3.13. The first kappa shape index (κ1) is 21.3. The van der Waals surface area contributed by atoms with E-state index in [0.29, 0.717) is 18.9 Å². The first-order valence-electron chi connectivity index (χ1n) is 11.2. The average Bonchev–Trinajstić information content (AvgIpc) is 3.01. The zero-order valence-corrected chi connectivity index (χ0v) is 18.8. The number of piperidine rings is 1. The van der Waals surface area contributed by atoms with Crippen LogP contribution in [0.4, 0.5) is 0 Å². The van der Waals surface area contributed by atoms with Gasteiger partial charge >= 0.3 is 0 Å². The van der Waals surface area contributed by atoms with Crippen LogP contribution in [-0.4, -0.2) is 49.8 Å². The summed E-state index contributed by atoms with van der Waals surface area (Å²) >= 11 is 1.84. The highest BCUT2D eigenvalue weighted by molar-refractivity contribution is 7.99. The lowest BCUT2D eigenvalue weighted by atomic mass is 9.90. The van der Waals surface area contributed by atoms with Crippen LogP contribution in [0.1, 0.15) is 31.8 Å². The summed E-state index contributed by atoms with van der Waals surface area (Å²) in [6.07, 6.45) is 4.39. The number of benzene rings is 2. The second-order valence-corrected chi connectivity index (χ2v) is 9.66. The number of rotatable bonds is 6. The van der Waals surface area contributed by atoms with Crippen LogP contribution in [0.15, 0.2) is 53.4 Å². The topological polar surface area (TPSA) is 34.0 Å². The molecule has 2 aliphatic heterocycles. The number of nitrogens with one attached hydrogen (secondary N) is 1. The molecule has 0 saturated carbocycles. The van der Waals surface area contributed by atoms with Crippen LogP contribution in [0.3, 0.4) is 0 Å². The van der Waals surface area contributed by atoms with Crippen molar-refractivity contribution in [3.05, 3.63) is 59.7 Å². The Labute approximate surface area is 186 Å². The number of likely N-dealkylation sites (tertiary alicyclic amines) is 1. The molecule has 2 aliphatic rings. The fourth-order valence-corrected chi connectivity index (χ4v) is 5.64. The summed E-state index contributed by atoms with van der Waals surface area (Å²) in [4.78, 5) is 17.8. The van der Waals surface area contributed by atoms with Crippen LogP contribution in [0.25, 0.3) is 0 Å². The number of ether oxygens (including phenoxy) is 1. The van der Waals surface area contributed by atoms with E-state index in [1.165, 1.54) is 48.4 Å². The number of carbonyl (C=O) groups is 1. The molecule has 30 heavy (non-hydrogen) atoms. The van der Waals surface area contributed by atoms with Gasteiger partial charge in [-0.05, 0) is 54.5 Å². The molecule has 0 unspecified atom stereocenters. The lowest BCUT2D eigenvalue weighted by Gasteiger charge is -2.30. The number of thioether (sulfide) groups is 1. The maximum Gasteiger partial charge on any atom is 0.228 e. The van der Waals surface area contributed by atoms with Gasteiger partial charge in [-0.3, -0.25) is 4.79 Å². The van der Waals surface area contributed by atoms with E-state index < -0.39 is 0 Å². The first-order chi connectivity index (χ1) is 14.7. The number of amides is 1. The molecular formula is C25H35N2O2S+. The zero-order chi connectivity index (χ0) is 20.8. The van der Waals surface area contributed by atoms with E-state index in [0.717, 1.165) is 30.5 Å². The molecule has 2 aromatic carbocycles. The second-order valence-electron chi connectivity index (χ2n) is 8.52. The molecule has 0 spiro atoms. The minimum absolute atomic E-state index is 0. The Morgan fingerprint density at radius 3 is 2.77 bits per heavy atom. The van der Waals surface area contributed by atoms with Crippen molar-refractivity contribution in [3.8, 4) is 5.75 Å². The predicted molar refractivity (Wildman–Crippen MR) is 124 cm³/mol. The predicted octanol–water partition coefficient (Wildman–Crippen LogP) is 3.30. The number of fused-ring (bicyclic) bond motifs is 1. The Morgan fingerprint density at radius 2 is 2.00 bits per heavy atom. The van der Waals surface area contributed by atoms with Crippen molar-refractivity contribution >= 4 is 17.7 Å². The molecule has 0 atom stereocenters. The van der Waals surface area contributed by atoms with E-state index >= 15 is 0 Å². The molecule has 2 aromatic rings. The van der Waals surface area contributed by atoms with Gasteiger partial charge in [0.15, 0.2) is 0 Å². The Hall–Kier alpha value is -1.98. The van der Waals surface area contributed by atoms with E-state index in [4.69, 9.17) is 4.74 Å². The van der Waals surface area contributed by atoms with Crippen molar-refractivity contribution in [2.24, 2.45) is 5.92 Å². The average molecular weight is 428 g/mol. The molecule has 1 fully saturated rings. The minimum Gasteiger partial charge on any atom is -0.497 e. The Morgan fingerprint density at radius 1 is 1.20 bits per heavy atom. The fourth-order valence-electron chi connectivity index (χ4n) is 4.64. The van der Waals surface area contributed by atoms with Crippen LogP contribution in [0.2, 0.25) is 0 Å². The van der Waals surface area contributed by atoms with Crippen LogP contribution in [-0.2, 0) is 17.8 Å². The van der Waals surface area contributed by atoms with Crippen molar-refractivity contribution in [1.82, 2.24) is 4.90 Å². The number of hydrogen-bond acceptors (Lipinski definition) is 3. The van der Waals surface area contributed by atoms with Crippen LogP contribution in [0, 0.1) is 5.92 Å². The second kappa shape index (κ2) is 10.4. The molecule has 0 aliphatic carbocycles. The molecule has 5 heteroatoms. The molecule has 0 bridgehead atoms. The summed E-state index contributed by atoms with van der Waals surface area (Å²) in [5, 5.41) is 0. The van der Waals surface area contributed by atoms with Gasteiger partial charge in [0.05, 0.1) is 33.2 Å². The van der Waals surface area contributed by atoms with Gasteiger partial charge in [0, 0.05) is 25.2 Å². The third-order valence-corrected chi connectivity index (χ3v) is 7.57. The highest BCUT2D eigenvalue weighted by Gasteiger charge is 2.25. The van der Waals surface area contributed by atoms with Gasteiger partial charge in [-0.15, -0.1) is 11.8 Å². The van der Waals surface area contributed by atoms with Crippen LogP contribution < -0.4 is 9.64 Å². The van der Waals surface area contributed by atoms with Crippen molar-refractivity contribution in [2.45, 2.75) is 37.1 Å². The molecule has 1 saturated heterocycles. The first-order valence-corrected chi connectivity index (χ1v) is 12.1. The molecule has 0 radical (unpaired) electrons. The normalized spacial score (nSPS) is 21.6. The Kier molecular flexibility index (Phi) is 7.34. The number of hydrogen-bond donors (Lipinski definition) is 1. The third-order valence-electron chi connectivity index (χ3n) is 6.47. The molecule has 4 nitrogen and oxygen atoms in total. The highest BCUT2D eigenvalue weighted by Crippen LogP contribution is 2.30. The minimum atomic E-state index is 0. The summed E-state index contributed by atoms with van der Waals surface area (Å²) in [5.41, 5.74) is 2.66. The maximum absolute atomic E-state index is 12.9. The smallest absolute Gasteiger partial charge is 0.228 e. The molecular weight excluding hydrogens is 392 g/mol. The van der Waals surface area contributed by atoms with Gasteiger partial charge in [-0.2, -0.15) is 0 Å². The standard InChI is InChI=1S/C25H32N2O2S.H2/c1-29-23-7-8-24-22(18-23)19-27(15-16-30-24)25(28)11-14-26-12-9-21(10-13-26)17-20-5-3-2-4-6-20;/h2-8,18,21H,9-17,19H2,1H3;1H/p+1. The Bertz CT molecular complexity index is 841. The molecule has 4 rings (SSSR count). The lowest BCUT2D eigenvalue weighted by molar-refractivity contribution is -0.905. The van der Waals surface area contributed by atoms with E-state index in [9.17, 15) is 4.79 Å². The monoisotopic (exact) mass is 427 g/mol. The number of nitrogens with zero attached hydrogens (tertiary/aromatic N) is 1. The molecule has 1 N–H and O–H groups in total. The largest absolute Gasteiger partial charge is 0.497 e. The van der Waals surface area contributed by atoms with E-state index in [2.05, 4.69) is 42.5 Å². The van der Waals surface area contributed by atoms with E-state index in [1.807, 2.05) is 22.7 Å². The summed E-state index contributed by atoms with van der Waals surface area (Å²) in [7, 11) is 1.69. The van der Waals surface area contributed by atoms with Gasteiger partial charge < -0.3 is 14.5 Å². The Balaban J connectivity index is 0.00000272.